The monoisotopic (exact) mass is 319 g/mol. The van der Waals surface area contributed by atoms with Gasteiger partial charge in [0.25, 0.3) is 0 Å². The maximum Gasteiger partial charge on any atom is 0.244 e. The number of carbonyl (C=O) groups excluding carboxylic acids is 1. The van der Waals surface area contributed by atoms with Gasteiger partial charge in [0.15, 0.2) is 11.5 Å². The van der Waals surface area contributed by atoms with Crippen LogP contribution in [0.1, 0.15) is 32.3 Å². The molecule has 0 spiro atoms. The minimum absolute atomic E-state index is 0.118. The SMILES string of the molecule is CCOc1ccc(/C=C/C(=O)NC[C@H]2CCCO2)cc1OCC. The van der Waals surface area contributed by atoms with Crippen LogP contribution in [0.3, 0.4) is 0 Å². The van der Waals surface area contributed by atoms with Crippen LogP contribution in [0.2, 0.25) is 0 Å². The van der Waals surface area contributed by atoms with Crippen molar-refractivity contribution in [3.8, 4) is 11.5 Å². The molecule has 0 radical (unpaired) electrons. The third-order valence-electron chi connectivity index (χ3n) is 3.52. The minimum atomic E-state index is -0.118. The molecule has 5 heteroatoms. The summed E-state index contributed by atoms with van der Waals surface area (Å²) in [5, 5.41) is 2.86. The van der Waals surface area contributed by atoms with Gasteiger partial charge < -0.3 is 19.5 Å². The van der Waals surface area contributed by atoms with Crippen molar-refractivity contribution in [3.63, 3.8) is 0 Å². The molecule has 0 aliphatic carbocycles. The Morgan fingerprint density at radius 2 is 2.09 bits per heavy atom. The van der Waals surface area contributed by atoms with E-state index in [-0.39, 0.29) is 12.0 Å². The van der Waals surface area contributed by atoms with Crippen molar-refractivity contribution in [2.45, 2.75) is 32.8 Å². The van der Waals surface area contributed by atoms with E-state index in [2.05, 4.69) is 5.32 Å². The van der Waals surface area contributed by atoms with E-state index < -0.39 is 0 Å². The Morgan fingerprint density at radius 3 is 2.78 bits per heavy atom. The number of carbonyl (C=O) groups is 1. The molecule has 1 aromatic carbocycles. The lowest BCUT2D eigenvalue weighted by Gasteiger charge is -2.11. The standard InChI is InChI=1S/C18H25NO4/c1-3-21-16-9-7-14(12-17(16)22-4-2)8-10-18(20)19-13-15-6-5-11-23-15/h7-10,12,15H,3-6,11,13H2,1-2H3,(H,19,20)/b10-8+/t15-/m1/s1. The fourth-order valence-electron chi connectivity index (χ4n) is 2.42. The molecule has 1 saturated heterocycles. The van der Waals surface area contributed by atoms with Gasteiger partial charge in [-0.1, -0.05) is 6.07 Å². The maximum atomic E-state index is 11.8. The molecule has 1 heterocycles. The van der Waals surface area contributed by atoms with Gasteiger partial charge in [0, 0.05) is 19.2 Å². The lowest BCUT2D eigenvalue weighted by Crippen LogP contribution is -2.30. The third-order valence-corrected chi connectivity index (χ3v) is 3.52. The van der Waals surface area contributed by atoms with Gasteiger partial charge in [0.2, 0.25) is 5.91 Å². The zero-order valence-electron chi connectivity index (χ0n) is 13.8. The highest BCUT2D eigenvalue weighted by atomic mass is 16.5. The summed E-state index contributed by atoms with van der Waals surface area (Å²) in [6.07, 6.45) is 5.54. The summed E-state index contributed by atoms with van der Waals surface area (Å²) in [5.41, 5.74) is 0.893. The minimum Gasteiger partial charge on any atom is -0.490 e. The Labute approximate surface area is 137 Å². The molecule has 1 atom stereocenters. The molecule has 2 rings (SSSR count). The Kier molecular flexibility index (Phi) is 6.94. The number of benzene rings is 1. The molecule has 0 aromatic heterocycles. The summed E-state index contributed by atoms with van der Waals surface area (Å²) in [5.74, 6) is 1.29. The third kappa shape index (κ3) is 5.60. The van der Waals surface area contributed by atoms with Gasteiger partial charge in [-0.15, -0.1) is 0 Å². The van der Waals surface area contributed by atoms with Crippen LogP contribution in [0.25, 0.3) is 6.08 Å². The predicted octanol–water partition coefficient (Wildman–Crippen LogP) is 2.79. The molecular formula is C18H25NO4. The lowest BCUT2D eigenvalue weighted by atomic mass is 10.2. The average molecular weight is 319 g/mol. The first-order valence-electron chi connectivity index (χ1n) is 8.20. The van der Waals surface area contributed by atoms with Crippen molar-refractivity contribution in [3.05, 3.63) is 29.8 Å². The van der Waals surface area contributed by atoms with Crippen molar-refractivity contribution in [1.82, 2.24) is 5.32 Å². The number of rotatable bonds is 8. The molecule has 126 valence electrons. The van der Waals surface area contributed by atoms with Crippen molar-refractivity contribution in [2.75, 3.05) is 26.4 Å². The summed E-state index contributed by atoms with van der Waals surface area (Å²) >= 11 is 0. The first-order chi connectivity index (χ1) is 11.2. The van der Waals surface area contributed by atoms with Gasteiger partial charge >= 0.3 is 0 Å². The van der Waals surface area contributed by atoms with Gasteiger partial charge in [0.1, 0.15) is 0 Å². The summed E-state index contributed by atoms with van der Waals surface area (Å²) in [6.45, 7) is 6.37. The fourth-order valence-corrected chi connectivity index (χ4v) is 2.42. The molecule has 0 unspecified atom stereocenters. The summed E-state index contributed by atoms with van der Waals surface area (Å²) in [7, 11) is 0. The molecule has 23 heavy (non-hydrogen) atoms. The van der Waals surface area contributed by atoms with Gasteiger partial charge in [-0.2, -0.15) is 0 Å². The molecule has 1 N–H and O–H groups in total. The van der Waals surface area contributed by atoms with E-state index >= 15 is 0 Å². The second kappa shape index (κ2) is 9.20. The van der Waals surface area contributed by atoms with Crippen LogP contribution in [-0.2, 0) is 9.53 Å². The van der Waals surface area contributed by atoms with E-state index in [1.807, 2.05) is 32.0 Å². The fraction of sp³-hybridized carbons (Fsp3) is 0.500. The number of hydrogen-bond acceptors (Lipinski definition) is 4. The van der Waals surface area contributed by atoms with Crippen LogP contribution in [0.5, 0.6) is 11.5 Å². The zero-order valence-corrected chi connectivity index (χ0v) is 13.8. The highest BCUT2D eigenvalue weighted by Crippen LogP contribution is 2.28. The summed E-state index contributed by atoms with van der Waals surface area (Å²) in [4.78, 5) is 11.8. The second-order valence-corrected chi connectivity index (χ2v) is 5.29. The molecule has 0 bridgehead atoms. The molecule has 1 aliphatic rings. The van der Waals surface area contributed by atoms with E-state index in [4.69, 9.17) is 14.2 Å². The van der Waals surface area contributed by atoms with E-state index in [9.17, 15) is 4.79 Å². The topological polar surface area (TPSA) is 56.8 Å². The van der Waals surface area contributed by atoms with Crippen molar-refractivity contribution >= 4 is 12.0 Å². The average Bonchev–Trinajstić information content (AvgIpc) is 3.07. The highest BCUT2D eigenvalue weighted by Gasteiger charge is 2.15. The first kappa shape index (κ1) is 17.3. The van der Waals surface area contributed by atoms with Gasteiger partial charge in [0.05, 0.1) is 19.3 Å². The zero-order chi connectivity index (χ0) is 16.5. The van der Waals surface area contributed by atoms with E-state index in [1.165, 1.54) is 6.08 Å². The molecular weight excluding hydrogens is 294 g/mol. The Balaban J connectivity index is 1.92. The Hall–Kier alpha value is -2.01. The van der Waals surface area contributed by atoms with Crippen LogP contribution in [0.15, 0.2) is 24.3 Å². The van der Waals surface area contributed by atoms with Gasteiger partial charge in [-0.05, 0) is 50.5 Å². The first-order valence-corrected chi connectivity index (χ1v) is 8.20. The van der Waals surface area contributed by atoms with Crippen LogP contribution in [0.4, 0.5) is 0 Å². The smallest absolute Gasteiger partial charge is 0.244 e. The Morgan fingerprint density at radius 1 is 1.30 bits per heavy atom. The number of amides is 1. The molecule has 0 saturated carbocycles. The quantitative estimate of drug-likeness (QED) is 0.749. The number of nitrogens with one attached hydrogen (secondary N) is 1. The van der Waals surface area contributed by atoms with Crippen LogP contribution in [-0.4, -0.2) is 38.4 Å². The summed E-state index contributed by atoms with van der Waals surface area (Å²) in [6, 6.07) is 5.63. The number of hydrogen-bond donors (Lipinski definition) is 1. The molecule has 1 aromatic rings. The van der Waals surface area contributed by atoms with E-state index in [0.29, 0.717) is 31.3 Å². The van der Waals surface area contributed by atoms with E-state index in [1.54, 1.807) is 6.08 Å². The van der Waals surface area contributed by atoms with Crippen LogP contribution >= 0.6 is 0 Å². The van der Waals surface area contributed by atoms with Crippen LogP contribution < -0.4 is 14.8 Å². The van der Waals surface area contributed by atoms with Crippen molar-refractivity contribution in [1.29, 1.82) is 0 Å². The largest absolute Gasteiger partial charge is 0.490 e. The summed E-state index contributed by atoms with van der Waals surface area (Å²) < 4.78 is 16.6. The highest BCUT2D eigenvalue weighted by molar-refractivity contribution is 5.91. The number of ether oxygens (including phenoxy) is 3. The predicted molar refractivity (Wildman–Crippen MR) is 89.8 cm³/mol. The van der Waals surface area contributed by atoms with Crippen molar-refractivity contribution in [2.24, 2.45) is 0 Å². The molecule has 1 fully saturated rings. The van der Waals surface area contributed by atoms with E-state index in [0.717, 1.165) is 25.0 Å². The molecule has 1 amide bonds. The maximum absolute atomic E-state index is 11.8. The Bertz CT molecular complexity index is 536. The van der Waals surface area contributed by atoms with Gasteiger partial charge in [-0.3, -0.25) is 4.79 Å². The second-order valence-electron chi connectivity index (χ2n) is 5.29. The van der Waals surface area contributed by atoms with Crippen LogP contribution in [0, 0.1) is 0 Å². The van der Waals surface area contributed by atoms with Gasteiger partial charge in [-0.25, -0.2) is 0 Å². The molecule has 1 aliphatic heterocycles. The normalized spacial score (nSPS) is 17.4. The van der Waals surface area contributed by atoms with Crippen molar-refractivity contribution < 1.29 is 19.0 Å². The molecule has 5 nitrogen and oxygen atoms in total. The lowest BCUT2D eigenvalue weighted by molar-refractivity contribution is -0.116.